The van der Waals surface area contributed by atoms with Gasteiger partial charge in [-0.2, -0.15) is 0 Å². The molecule has 7 heteroatoms. The number of nitrogens with zero attached hydrogens (tertiary/aromatic N) is 2. The lowest BCUT2D eigenvalue weighted by atomic mass is 10.1. The van der Waals surface area contributed by atoms with Crippen molar-refractivity contribution in [1.29, 1.82) is 0 Å². The second-order valence-electron chi connectivity index (χ2n) is 9.29. The molecule has 0 unspecified atom stereocenters. The molecule has 1 heterocycles. The molecule has 40 heavy (non-hydrogen) atoms. The maximum Gasteiger partial charge on any atom is 0.271 e. The number of aliphatic imine (C=N–C) groups is 1. The van der Waals surface area contributed by atoms with Crippen molar-refractivity contribution in [2.24, 2.45) is 4.99 Å². The fourth-order valence-electron chi connectivity index (χ4n) is 4.18. The third-order valence-electron chi connectivity index (χ3n) is 6.55. The fourth-order valence-corrected chi connectivity index (χ4v) is 5.50. The lowest BCUT2D eigenvalue weighted by Gasteiger charge is -2.16. The van der Waals surface area contributed by atoms with Gasteiger partial charge in [0.15, 0.2) is 5.17 Å². The number of amidine groups is 1. The zero-order valence-corrected chi connectivity index (χ0v) is 24.6. The monoisotopic (exact) mass is 586 g/mol. The van der Waals surface area contributed by atoms with Gasteiger partial charge in [-0.3, -0.25) is 9.69 Å². The van der Waals surface area contributed by atoms with Gasteiger partial charge in [0.25, 0.3) is 5.91 Å². The number of carbonyl (C=O) groups is 1. The van der Waals surface area contributed by atoms with Gasteiger partial charge in [-0.25, -0.2) is 4.99 Å². The van der Waals surface area contributed by atoms with Crippen molar-refractivity contribution in [3.8, 4) is 5.75 Å². The summed E-state index contributed by atoms with van der Waals surface area (Å²) in [7, 11) is 0. The highest BCUT2D eigenvalue weighted by molar-refractivity contribution is 8.19. The number of thioether (sulfide) groups is 1. The number of rotatable bonds is 8. The summed E-state index contributed by atoms with van der Waals surface area (Å²) in [5.74, 6) is 0.618. The Hall–Kier alpha value is -3.51. The zero-order valence-electron chi connectivity index (χ0n) is 22.2. The van der Waals surface area contributed by atoms with E-state index in [0.717, 1.165) is 35.3 Å². The number of ether oxygens (including phenoxy) is 1. The molecular weight excluding hydrogens is 559 g/mol. The molecule has 4 aromatic carbocycles. The van der Waals surface area contributed by atoms with Gasteiger partial charge in [-0.15, -0.1) is 0 Å². The van der Waals surface area contributed by atoms with Gasteiger partial charge in [0.2, 0.25) is 0 Å². The normalized spacial score (nSPS) is 15.3. The van der Waals surface area contributed by atoms with E-state index in [0.29, 0.717) is 32.5 Å². The summed E-state index contributed by atoms with van der Waals surface area (Å²) < 4.78 is 5.90. The molecule has 202 valence electrons. The van der Waals surface area contributed by atoms with Crippen molar-refractivity contribution in [3.63, 3.8) is 0 Å². The van der Waals surface area contributed by atoms with E-state index in [9.17, 15) is 4.79 Å². The van der Waals surface area contributed by atoms with E-state index in [2.05, 4.69) is 38.1 Å². The van der Waals surface area contributed by atoms with E-state index in [-0.39, 0.29) is 5.91 Å². The SMILES string of the molecule is CCc1ccc(N=C2S/C(=C\c3ccc(OCc4ccc(Cl)c(Cl)c4)cc3)C(=O)N2c2ccc(CC)cc2)cc1. The van der Waals surface area contributed by atoms with Crippen LogP contribution in [0.25, 0.3) is 6.08 Å². The highest BCUT2D eigenvalue weighted by Crippen LogP contribution is 2.37. The predicted octanol–water partition coefficient (Wildman–Crippen LogP) is 9.51. The molecule has 0 radical (unpaired) electrons. The Bertz CT molecular complexity index is 1560. The van der Waals surface area contributed by atoms with Crippen LogP contribution in [0.5, 0.6) is 5.75 Å². The summed E-state index contributed by atoms with van der Waals surface area (Å²) in [5, 5.41) is 1.65. The first-order valence-corrected chi connectivity index (χ1v) is 14.7. The van der Waals surface area contributed by atoms with Crippen LogP contribution in [-0.2, 0) is 24.2 Å². The third-order valence-corrected chi connectivity index (χ3v) is 8.25. The van der Waals surface area contributed by atoms with Crippen LogP contribution in [0.3, 0.4) is 0 Å². The molecule has 1 fully saturated rings. The van der Waals surface area contributed by atoms with Gasteiger partial charge >= 0.3 is 0 Å². The van der Waals surface area contributed by atoms with Gasteiger partial charge in [-0.05, 0) is 101 Å². The largest absolute Gasteiger partial charge is 0.489 e. The van der Waals surface area contributed by atoms with Gasteiger partial charge in [-0.1, -0.05) is 79.5 Å². The Morgan fingerprint density at radius 1 is 0.800 bits per heavy atom. The van der Waals surface area contributed by atoms with E-state index in [1.165, 1.54) is 22.9 Å². The average Bonchev–Trinajstić information content (AvgIpc) is 3.28. The molecule has 0 N–H and O–H groups in total. The van der Waals surface area contributed by atoms with Crippen LogP contribution in [-0.4, -0.2) is 11.1 Å². The standard InChI is InChI=1S/C33H28Cl2N2O2S/c1-3-22-5-12-26(13-6-22)36-33-37(27-14-7-23(4-2)8-15-27)32(38)31(40-33)20-24-9-16-28(17-10-24)39-21-25-11-18-29(34)30(35)19-25/h5-20H,3-4,21H2,1-2H3/b31-20-,36-33?. The van der Waals surface area contributed by atoms with E-state index in [4.69, 9.17) is 32.9 Å². The molecule has 1 aliphatic rings. The van der Waals surface area contributed by atoms with Gasteiger partial charge in [0.05, 0.1) is 26.3 Å². The lowest BCUT2D eigenvalue weighted by molar-refractivity contribution is -0.113. The first-order chi connectivity index (χ1) is 19.4. The van der Waals surface area contributed by atoms with Crippen LogP contribution in [0.1, 0.15) is 36.1 Å². The molecular formula is C33H28Cl2N2O2S. The molecule has 5 rings (SSSR count). The smallest absolute Gasteiger partial charge is 0.271 e. The Morgan fingerprint density at radius 3 is 2.05 bits per heavy atom. The number of benzene rings is 4. The predicted molar refractivity (Wildman–Crippen MR) is 169 cm³/mol. The van der Waals surface area contributed by atoms with Crippen molar-refractivity contribution in [2.45, 2.75) is 33.3 Å². The van der Waals surface area contributed by atoms with Crippen LogP contribution < -0.4 is 9.64 Å². The molecule has 0 bridgehead atoms. The topological polar surface area (TPSA) is 41.9 Å². The third kappa shape index (κ3) is 6.61. The molecule has 4 nitrogen and oxygen atoms in total. The van der Waals surface area contributed by atoms with Crippen LogP contribution in [0.15, 0.2) is 101 Å². The minimum atomic E-state index is -0.0990. The molecule has 0 aromatic heterocycles. The number of hydrogen-bond donors (Lipinski definition) is 0. The number of anilines is 1. The molecule has 1 saturated heterocycles. The van der Waals surface area contributed by atoms with E-state index in [1.807, 2.05) is 60.7 Å². The van der Waals surface area contributed by atoms with Crippen molar-refractivity contribution in [1.82, 2.24) is 0 Å². The minimum Gasteiger partial charge on any atom is -0.489 e. The average molecular weight is 588 g/mol. The Kier molecular flexibility index (Phi) is 8.95. The molecule has 0 spiro atoms. The summed E-state index contributed by atoms with van der Waals surface area (Å²) in [6.45, 7) is 4.61. The quantitative estimate of drug-likeness (QED) is 0.193. The van der Waals surface area contributed by atoms with E-state index >= 15 is 0 Å². The number of carbonyl (C=O) groups excluding carboxylic acids is 1. The molecule has 0 saturated carbocycles. The summed E-state index contributed by atoms with van der Waals surface area (Å²) in [6.07, 6.45) is 3.80. The summed E-state index contributed by atoms with van der Waals surface area (Å²) in [4.78, 5) is 20.8. The fraction of sp³-hybridized carbons (Fsp3) is 0.152. The lowest BCUT2D eigenvalue weighted by Crippen LogP contribution is -2.28. The van der Waals surface area contributed by atoms with Gasteiger partial charge in [0.1, 0.15) is 12.4 Å². The van der Waals surface area contributed by atoms with Gasteiger partial charge < -0.3 is 4.74 Å². The summed E-state index contributed by atoms with van der Waals surface area (Å²) in [5.41, 5.74) is 5.90. The van der Waals surface area contributed by atoms with Crippen molar-refractivity contribution in [3.05, 3.63) is 128 Å². The van der Waals surface area contributed by atoms with Crippen molar-refractivity contribution < 1.29 is 9.53 Å². The molecule has 0 aliphatic carbocycles. The number of halogens is 2. The maximum atomic E-state index is 13.7. The van der Waals surface area contributed by atoms with Gasteiger partial charge in [0, 0.05) is 0 Å². The Balaban J connectivity index is 1.38. The number of aryl methyl sites for hydroxylation is 2. The molecule has 1 amide bonds. The number of amides is 1. The second kappa shape index (κ2) is 12.8. The van der Waals surface area contributed by atoms with Crippen LogP contribution >= 0.6 is 35.0 Å². The Morgan fingerprint density at radius 2 is 1.43 bits per heavy atom. The van der Waals surface area contributed by atoms with Crippen molar-refractivity contribution >= 4 is 63.5 Å². The highest BCUT2D eigenvalue weighted by atomic mass is 35.5. The summed E-state index contributed by atoms with van der Waals surface area (Å²) >= 11 is 13.5. The van der Waals surface area contributed by atoms with Crippen LogP contribution in [0.4, 0.5) is 11.4 Å². The second-order valence-corrected chi connectivity index (χ2v) is 11.1. The minimum absolute atomic E-state index is 0.0990. The van der Waals surface area contributed by atoms with E-state index in [1.54, 1.807) is 17.0 Å². The first-order valence-electron chi connectivity index (χ1n) is 13.1. The van der Waals surface area contributed by atoms with Crippen LogP contribution in [0.2, 0.25) is 10.0 Å². The van der Waals surface area contributed by atoms with E-state index < -0.39 is 0 Å². The molecule has 1 aliphatic heterocycles. The highest BCUT2D eigenvalue weighted by Gasteiger charge is 2.34. The Labute approximate surface area is 249 Å². The zero-order chi connectivity index (χ0) is 28.1. The number of hydrogen-bond acceptors (Lipinski definition) is 4. The summed E-state index contributed by atoms with van der Waals surface area (Å²) in [6, 6.07) is 29.3. The first kappa shape index (κ1) is 28.0. The van der Waals surface area contributed by atoms with Crippen LogP contribution in [0, 0.1) is 0 Å². The van der Waals surface area contributed by atoms with Crippen molar-refractivity contribution in [2.75, 3.05) is 4.90 Å². The molecule has 0 atom stereocenters. The molecule has 4 aromatic rings. The maximum absolute atomic E-state index is 13.7.